The van der Waals surface area contributed by atoms with E-state index < -0.39 is 0 Å². The van der Waals surface area contributed by atoms with E-state index in [1.807, 2.05) is 56.3 Å². The fourth-order valence-electron chi connectivity index (χ4n) is 3.50. The maximum atomic E-state index is 13.1. The van der Waals surface area contributed by atoms with Crippen LogP contribution >= 0.6 is 0 Å². The zero-order valence-electron chi connectivity index (χ0n) is 16.9. The first-order valence-corrected chi connectivity index (χ1v) is 9.87. The topological polar surface area (TPSA) is 63.8 Å². The summed E-state index contributed by atoms with van der Waals surface area (Å²) in [6, 6.07) is 17.8. The van der Waals surface area contributed by atoms with Gasteiger partial charge < -0.3 is 9.84 Å². The number of ether oxygens (including phenoxy) is 1. The maximum Gasteiger partial charge on any atom is 0.275 e. The number of aromatic nitrogens is 3. The van der Waals surface area contributed by atoms with Crippen molar-refractivity contribution >= 4 is 11.3 Å². The van der Waals surface area contributed by atoms with Gasteiger partial charge in [-0.15, -0.1) is 0 Å². The predicted octanol–water partition coefficient (Wildman–Crippen LogP) is 4.99. The summed E-state index contributed by atoms with van der Waals surface area (Å²) >= 11 is 0. The smallest absolute Gasteiger partial charge is 0.275 e. The number of hydrogen-bond acceptors (Lipinski definition) is 3. The second-order valence-electron chi connectivity index (χ2n) is 7.38. The van der Waals surface area contributed by atoms with Crippen LogP contribution in [-0.2, 0) is 6.42 Å². The molecule has 150 valence electrons. The molecule has 0 saturated heterocycles. The molecule has 0 unspecified atom stereocenters. The molecule has 0 amide bonds. The average Bonchev–Trinajstić information content (AvgIpc) is 3.18. The van der Waals surface area contributed by atoms with Gasteiger partial charge in [-0.2, -0.15) is 0 Å². The number of fused-ring (bicyclic) bond motifs is 1. The molecule has 6 nitrogen and oxygen atoms in total. The van der Waals surface area contributed by atoms with Crippen LogP contribution in [0.15, 0.2) is 65.6 Å². The molecule has 0 bridgehead atoms. The largest absolute Gasteiger partial charge is 0.493 e. The fourth-order valence-corrected chi connectivity index (χ4v) is 3.50. The third kappa shape index (κ3) is 3.70. The zero-order valence-corrected chi connectivity index (χ0v) is 16.9. The monoisotopic (exact) mass is 398 g/mol. The standard InChI is InChI=1S/C24H22N4O2/c1-16(2)21-22(27-23-20(25-3)15-26-28(23)24(21)29)18-10-7-11-19(14-18)30-13-12-17-8-5-4-6-9-17/h4-11,14-16,26H,12-13H2,1-2H3. The molecule has 0 atom stereocenters. The van der Waals surface area contributed by atoms with Crippen molar-refractivity contribution < 1.29 is 4.74 Å². The third-order valence-electron chi connectivity index (χ3n) is 4.99. The molecule has 4 rings (SSSR count). The van der Waals surface area contributed by atoms with E-state index >= 15 is 0 Å². The molecule has 0 saturated carbocycles. The van der Waals surface area contributed by atoms with Crippen molar-refractivity contribution in [2.75, 3.05) is 6.61 Å². The van der Waals surface area contributed by atoms with Crippen LogP contribution in [0.2, 0.25) is 0 Å². The van der Waals surface area contributed by atoms with E-state index in [4.69, 9.17) is 11.3 Å². The summed E-state index contributed by atoms with van der Waals surface area (Å²) in [5, 5.41) is 2.84. The number of nitrogens with one attached hydrogen (secondary N) is 1. The van der Waals surface area contributed by atoms with Gasteiger partial charge in [0, 0.05) is 23.7 Å². The van der Waals surface area contributed by atoms with E-state index in [1.54, 1.807) is 0 Å². The van der Waals surface area contributed by atoms with Crippen LogP contribution in [0, 0.1) is 6.57 Å². The van der Waals surface area contributed by atoms with Gasteiger partial charge in [0.25, 0.3) is 5.56 Å². The molecule has 0 radical (unpaired) electrons. The van der Waals surface area contributed by atoms with Gasteiger partial charge in [-0.3, -0.25) is 4.79 Å². The van der Waals surface area contributed by atoms with E-state index in [2.05, 4.69) is 27.1 Å². The summed E-state index contributed by atoms with van der Waals surface area (Å²) in [7, 11) is 0. The first-order chi connectivity index (χ1) is 14.6. The van der Waals surface area contributed by atoms with E-state index in [0.717, 1.165) is 17.7 Å². The van der Waals surface area contributed by atoms with Crippen LogP contribution in [0.3, 0.4) is 0 Å². The Labute approximate surface area is 174 Å². The Bertz CT molecular complexity index is 1280. The van der Waals surface area contributed by atoms with Crippen LogP contribution in [-0.4, -0.2) is 21.2 Å². The second-order valence-corrected chi connectivity index (χ2v) is 7.38. The number of nitrogens with zero attached hydrogens (tertiary/aromatic N) is 3. The Hall–Kier alpha value is -3.85. The van der Waals surface area contributed by atoms with Crippen molar-refractivity contribution in [3.8, 4) is 17.0 Å². The maximum absolute atomic E-state index is 13.1. The molecule has 30 heavy (non-hydrogen) atoms. The minimum Gasteiger partial charge on any atom is -0.493 e. The summed E-state index contributed by atoms with van der Waals surface area (Å²) in [6.07, 6.45) is 2.32. The lowest BCUT2D eigenvalue weighted by Crippen LogP contribution is -2.22. The van der Waals surface area contributed by atoms with Gasteiger partial charge >= 0.3 is 0 Å². The summed E-state index contributed by atoms with van der Waals surface area (Å²) < 4.78 is 7.29. The quantitative estimate of drug-likeness (QED) is 0.466. The van der Waals surface area contributed by atoms with Gasteiger partial charge in [-0.05, 0) is 23.6 Å². The van der Waals surface area contributed by atoms with Crippen LogP contribution in [0.5, 0.6) is 5.75 Å². The summed E-state index contributed by atoms with van der Waals surface area (Å²) in [5.41, 5.74) is 3.68. The van der Waals surface area contributed by atoms with E-state index in [0.29, 0.717) is 29.2 Å². The normalized spacial score (nSPS) is 11.0. The van der Waals surface area contributed by atoms with Crippen LogP contribution in [0.4, 0.5) is 5.69 Å². The van der Waals surface area contributed by atoms with Crippen molar-refractivity contribution in [1.29, 1.82) is 0 Å². The van der Waals surface area contributed by atoms with Crippen molar-refractivity contribution in [1.82, 2.24) is 14.6 Å². The van der Waals surface area contributed by atoms with Gasteiger partial charge in [-0.25, -0.2) is 14.3 Å². The Morgan fingerprint density at radius 2 is 1.97 bits per heavy atom. The fraction of sp³-hybridized carbons (Fsp3) is 0.208. The van der Waals surface area contributed by atoms with Crippen molar-refractivity contribution in [2.24, 2.45) is 0 Å². The van der Waals surface area contributed by atoms with E-state index in [-0.39, 0.29) is 11.5 Å². The van der Waals surface area contributed by atoms with Gasteiger partial charge in [0.1, 0.15) is 5.75 Å². The van der Waals surface area contributed by atoms with Gasteiger partial charge in [0.05, 0.1) is 18.9 Å². The van der Waals surface area contributed by atoms with Crippen molar-refractivity contribution in [2.45, 2.75) is 26.2 Å². The molecular formula is C24H22N4O2. The second kappa shape index (κ2) is 8.26. The van der Waals surface area contributed by atoms with E-state index in [9.17, 15) is 4.79 Å². The SMILES string of the molecule is [C-]#[N+]c1c[nH]n2c(=O)c(C(C)C)c(-c3cccc(OCCc4ccccc4)c3)nc12. The molecular weight excluding hydrogens is 376 g/mol. The van der Waals surface area contributed by atoms with Gasteiger partial charge in [0.2, 0.25) is 5.69 Å². The molecule has 4 aromatic rings. The lowest BCUT2D eigenvalue weighted by molar-refractivity contribution is 0.322. The minimum absolute atomic E-state index is 0.0285. The lowest BCUT2D eigenvalue weighted by Gasteiger charge is -2.13. The molecule has 0 aliphatic rings. The molecule has 0 aliphatic heterocycles. The van der Waals surface area contributed by atoms with Gasteiger partial charge in [-0.1, -0.05) is 56.3 Å². The Morgan fingerprint density at radius 3 is 2.70 bits per heavy atom. The number of aromatic amines is 1. The number of benzene rings is 2. The van der Waals surface area contributed by atoms with Crippen molar-refractivity contribution in [3.05, 3.63) is 93.7 Å². The highest BCUT2D eigenvalue weighted by Crippen LogP contribution is 2.30. The first kappa shape index (κ1) is 19.5. The van der Waals surface area contributed by atoms with Gasteiger partial charge in [0.15, 0.2) is 5.65 Å². The lowest BCUT2D eigenvalue weighted by atomic mass is 9.98. The highest BCUT2D eigenvalue weighted by Gasteiger charge is 2.20. The van der Waals surface area contributed by atoms with E-state index in [1.165, 1.54) is 16.3 Å². The van der Waals surface area contributed by atoms with Crippen LogP contribution in [0.25, 0.3) is 21.7 Å². The summed E-state index contributed by atoms with van der Waals surface area (Å²) in [4.78, 5) is 21.2. The Balaban J connectivity index is 1.69. The highest BCUT2D eigenvalue weighted by atomic mass is 16.5. The zero-order chi connectivity index (χ0) is 21.1. The number of hydrogen-bond donors (Lipinski definition) is 1. The van der Waals surface area contributed by atoms with Crippen LogP contribution in [0.1, 0.15) is 30.9 Å². The molecule has 1 N–H and O–H groups in total. The molecule has 0 fully saturated rings. The molecule has 0 aliphatic carbocycles. The average molecular weight is 398 g/mol. The highest BCUT2D eigenvalue weighted by molar-refractivity contribution is 5.73. The first-order valence-electron chi connectivity index (χ1n) is 9.87. The number of rotatable bonds is 6. The number of H-pyrrole nitrogens is 1. The summed E-state index contributed by atoms with van der Waals surface area (Å²) in [6.45, 7) is 11.8. The van der Waals surface area contributed by atoms with Crippen molar-refractivity contribution in [3.63, 3.8) is 0 Å². The Kier molecular flexibility index (Phi) is 5.36. The summed E-state index contributed by atoms with van der Waals surface area (Å²) in [5.74, 6) is 0.693. The minimum atomic E-state index is -0.185. The Morgan fingerprint density at radius 1 is 1.17 bits per heavy atom. The third-order valence-corrected chi connectivity index (χ3v) is 4.99. The molecule has 0 spiro atoms. The molecule has 2 heterocycles. The predicted molar refractivity (Wildman–Crippen MR) is 117 cm³/mol. The molecule has 6 heteroatoms. The molecule has 2 aromatic carbocycles. The van der Waals surface area contributed by atoms with Crippen LogP contribution < -0.4 is 10.3 Å². The molecule has 2 aromatic heterocycles.